The zero-order valence-electron chi connectivity index (χ0n) is 9.18. The molecule has 1 rings (SSSR count). The van der Waals surface area contributed by atoms with Crippen LogP contribution in [-0.2, 0) is 16.0 Å². The largest absolute Gasteiger partial charge is 0.462 e. The molecule has 0 bridgehead atoms. The van der Waals surface area contributed by atoms with E-state index < -0.39 is 0 Å². The summed E-state index contributed by atoms with van der Waals surface area (Å²) in [6, 6.07) is 7.19. The van der Waals surface area contributed by atoms with Crippen molar-refractivity contribution < 1.29 is 14.3 Å². The predicted octanol–water partition coefficient (Wildman–Crippen LogP) is 2.16. The molecular weight excluding hydrogens is 204 g/mol. The van der Waals surface area contributed by atoms with Gasteiger partial charge in [0.25, 0.3) is 0 Å². The molecule has 84 valence electrons. The van der Waals surface area contributed by atoms with Crippen molar-refractivity contribution in [1.82, 2.24) is 0 Å². The maximum Gasteiger partial charge on any atom is 0.338 e. The zero-order valence-corrected chi connectivity index (χ0v) is 9.18. The SMILES string of the molecule is CCOC(=O)c1cccc(CC=CC=O)c1. The van der Waals surface area contributed by atoms with E-state index in [2.05, 4.69) is 0 Å². The van der Waals surface area contributed by atoms with Crippen molar-refractivity contribution in [1.29, 1.82) is 0 Å². The Balaban J connectivity index is 2.74. The molecule has 0 spiro atoms. The lowest BCUT2D eigenvalue weighted by molar-refractivity contribution is -0.104. The van der Waals surface area contributed by atoms with Crippen LogP contribution in [0.1, 0.15) is 22.8 Å². The van der Waals surface area contributed by atoms with Crippen LogP contribution in [-0.4, -0.2) is 18.9 Å². The number of aldehydes is 1. The van der Waals surface area contributed by atoms with Gasteiger partial charge in [-0.25, -0.2) is 4.79 Å². The summed E-state index contributed by atoms with van der Waals surface area (Å²) in [6.45, 7) is 2.14. The van der Waals surface area contributed by atoms with Gasteiger partial charge in [0.05, 0.1) is 12.2 Å². The van der Waals surface area contributed by atoms with Gasteiger partial charge in [0.1, 0.15) is 6.29 Å². The van der Waals surface area contributed by atoms with Crippen LogP contribution >= 0.6 is 0 Å². The third-order valence-corrected chi connectivity index (χ3v) is 2.01. The Morgan fingerprint density at radius 1 is 1.44 bits per heavy atom. The Hall–Kier alpha value is -1.90. The fraction of sp³-hybridized carbons (Fsp3) is 0.231. The van der Waals surface area contributed by atoms with Gasteiger partial charge in [-0.05, 0) is 37.1 Å². The summed E-state index contributed by atoms with van der Waals surface area (Å²) < 4.78 is 4.90. The van der Waals surface area contributed by atoms with Crippen LogP contribution in [0.5, 0.6) is 0 Å². The van der Waals surface area contributed by atoms with Crippen LogP contribution < -0.4 is 0 Å². The molecule has 0 amide bonds. The van der Waals surface area contributed by atoms with Gasteiger partial charge >= 0.3 is 5.97 Å². The lowest BCUT2D eigenvalue weighted by Crippen LogP contribution is -2.04. The topological polar surface area (TPSA) is 43.4 Å². The van der Waals surface area contributed by atoms with E-state index >= 15 is 0 Å². The first-order valence-corrected chi connectivity index (χ1v) is 5.14. The maximum atomic E-state index is 11.4. The standard InChI is InChI=1S/C13H14O3/c1-2-16-13(15)12-8-5-7-11(10-12)6-3-4-9-14/h3-5,7-10H,2,6H2,1H3. The van der Waals surface area contributed by atoms with Crippen LogP contribution in [0.3, 0.4) is 0 Å². The second-order valence-electron chi connectivity index (χ2n) is 3.19. The van der Waals surface area contributed by atoms with E-state index in [0.29, 0.717) is 18.6 Å². The van der Waals surface area contributed by atoms with E-state index in [1.165, 1.54) is 6.08 Å². The van der Waals surface area contributed by atoms with Gasteiger partial charge in [0.2, 0.25) is 0 Å². The number of hydrogen-bond donors (Lipinski definition) is 0. The van der Waals surface area contributed by atoms with Crippen molar-refractivity contribution in [3.8, 4) is 0 Å². The molecule has 0 saturated heterocycles. The summed E-state index contributed by atoms with van der Waals surface area (Å²) in [4.78, 5) is 21.5. The van der Waals surface area contributed by atoms with E-state index in [4.69, 9.17) is 4.74 Å². The molecule has 0 unspecified atom stereocenters. The molecule has 0 aliphatic heterocycles. The monoisotopic (exact) mass is 218 g/mol. The third kappa shape index (κ3) is 3.69. The van der Waals surface area contributed by atoms with E-state index in [9.17, 15) is 9.59 Å². The summed E-state index contributed by atoms with van der Waals surface area (Å²) in [5, 5.41) is 0. The molecular formula is C13H14O3. The number of allylic oxidation sites excluding steroid dienone is 2. The Bertz CT molecular complexity index is 394. The molecule has 0 aromatic heterocycles. The van der Waals surface area contributed by atoms with Crippen molar-refractivity contribution in [3.05, 3.63) is 47.5 Å². The quantitative estimate of drug-likeness (QED) is 0.432. The molecule has 3 nitrogen and oxygen atoms in total. The lowest BCUT2D eigenvalue weighted by atomic mass is 10.1. The minimum absolute atomic E-state index is 0.316. The van der Waals surface area contributed by atoms with E-state index in [1.807, 2.05) is 6.07 Å². The molecule has 1 aromatic carbocycles. The molecule has 0 aliphatic carbocycles. The number of rotatable bonds is 5. The van der Waals surface area contributed by atoms with Gasteiger partial charge in [0.15, 0.2) is 0 Å². The highest BCUT2D eigenvalue weighted by Gasteiger charge is 2.05. The van der Waals surface area contributed by atoms with Crippen LogP contribution in [0.2, 0.25) is 0 Å². The predicted molar refractivity (Wildman–Crippen MR) is 61.3 cm³/mol. The fourth-order valence-corrected chi connectivity index (χ4v) is 1.30. The summed E-state index contributed by atoms with van der Waals surface area (Å²) in [5.74, 6) is -0.316. The van der Waals surface area contributed by atoms with Gasteiger partial charge in [-0.1, -0.05) is 18.2 Å². The number of carbonyl (C=O) groups is 2. The van der Waals surface area contributed by atoms with Crippen molar-refractivity contribution in [2.75, 3.05) is 6.61 Å². The molecule has 0 saturated carbocycles. The Morgan fingerprint density at radius 2 is 2.25 bits per heavy atom. The first-order chi connectivity index (χ1) is 7.77. The number of esters is 1. The molecule has 0 aliphatic rings. The third-order valence-electron chi connectivity index (χ3n) is 2.01. The normalized spacial score (nSPS) is 10.3. The number of hydrogen-bond acceptors (Lipinski definition) is 3. The van der Waals surface area contributed by atoms with Crippen LogP contribution in [0.4, 0.5) is 0 Å². The van der Waals surface area contributed by atoms with Gasteiger partial charge in [-0.2, -0.15) is 0 Å². The highest BCUT2D eigenvalue weighted by Crippen LogP contribution is 2.08. The summed E-state index contributed by atoms with van der Waals surface area (Å²) >= 11 is 0. The minimum atomic E-state index is -0.316. The maximum absolute atomic E-state index is 11.4. The Morgan fingerprint density at radius 3 is 2.94 bits per heavy atom. The Labute approximate surface area is 94.7 Å². The summed E-state index contributed by atoms with van der Waals surface area (Å²) in [5.41, 5.74) is 1.52. The number of ether oxygens (including phenoxy) is 1. The first-order valence-electron chi connectivity index (χ1n) is 5.14. The molecule has 0 N–H and O–H groups in total. The second kappa shape index (κ2) is 6.56. The summed E-state index contributed by atoms with van der Waals surface area (Å²) in [6.07, 6.45) is 4.55. The van der Waals surface area contributed by atoms with E-state index in [0.717, 1.165) is 11.8 Å². The average molecular weight is 218 g/mol. The van der Waals surface area contributed by atoms with Crippen LogP contribution in [0.25, 0.3) is 0 Å². The zero-order chi connectivity index (χ0) is 11.8. The first kappa shape index (κ1) is 12.2. The van der Waals surface area contributed by atoms with E-state index in [-0.39, 0.29) is 5.97 Å². The molecule has 0 fully saturated rings. The van der Waals surface area contributed by atoms with Crippen molar-refractivity contribution in [3.63, 3.8) is 0 Å². The highest BCUT2D eigenvalue weighted by molar-refractivity contribution is 5.89. The van der Waals surface area contributed by atoms with E-state index in [1.54, 1.807) is 31.2 Å². The van der Waals surface area contributed by atoms with Crippen LogP contribution in [0.15, 0.2) is 36.4 Å². The highest BCUT2D eigenvalue weighted by atomic mass is 16.5. The van der Waals surface area contributed by atoms with Gasteiger partial charge in [0, 0.05) is 0 Å². The summed E-state index contributed by atoms with van der Waals surface area (Å²) in [7, 11) is 0. The van der Waals surface area contributed by atoms with Crippen LogP contribution in [0, 0.1) is 0 Å². The van der Waals surface area contributed by atoms with Crippen molar-refractivity contribution >= 4 is 12.3 Å². The van der Waals surface area contributed by atoms with Crippen molar-refractivity contribution in [2.45, 2.75) is 13.3 Å². The second-order valence-corrected chi connectivity index (χ2v) is 3.19. The smallest absolute Gasteiger partial charge is 0.338 e. The Kier molecular flexibility index (Phi) is 4.99. The molecule has 1 aromatic rings. The van der Waals surface area contributed by atoms with Crippen molar-refractivity contribution in [2.24, 2.45) is 0 Å². The van der Waals surface area contributed by atoms with Gasteiger partial charge in [-0.3, -0.25) is 4.79 Å². The molecule has 3 heteroatoms. The lowest BCUT2D eigenvalue weighted by Gasteiger charge is -2.03. The molecule has 0 heterocycles. The fourth-order valence-electron chi connectivity index (χ4n) is 1.30. The van der Waals surface area contributed by atoms with Gasteiger partial charge in [-0.15, -0.1) is 0 Å². The molecule has 0 radical (unpaired) electrons. The number of carbonyl (C=O) groups excluding carboxylic acids is 2. The number of benzene rings is 1. The van der Waals surface area contributed by atoms with Gasteiger partial charge < -0.3 is 4.74 Å². The minimum Gasteiger partial charge on any atom is -0.462 e. The molecule has 16 heavy (non-hydrogen) atoms. The molecule has 0 atom stereocenters. The average Bonchev–Trinajstić information content (AvgIpc) is 2.30.